The molecule has 0 saturated carbocycles. The van der Waals surface area contributed by atoms with Crippen molar-refractivity contribution in [1.82, 2.24) is 29.4 Å². The molecule has 0 aliphatic carbocycles. The summed E-state index contributed by atoms with van der Waals surface area (Å²) in [5.41, 5.74) is 1.65. The summed E-state index contributed by atoms with van der Waals surface area (Å²) in [6.07, 6.45) is 3.51. The lowest BCUT2D eigenvalue weighted by molar-refractivity contribution is 0.101. The fourth-order valence-electron chi connectivity index (χ4n) is 2.53. The van der Waals surface area contributed by atoms with Crippen LogP contribution in [0.2, 0.25) is 0 Å². The first kappa shape index (κ1) is 15.5. The highest BCUT2D eigenvalue weighted by atomic mass is 32.2. The Kier molecular flexibility index (Phi) is 3.57. The minimum Gasteiger partial charge on any atom is -0.295 e. The predicted octanol–water partition coefficient (Wildman–Crippen LogP) is 1.75. The van der Waals surface area contributed by atoms with Crippen molar-refractivity contribution >= 4 is 34.4 Å². The molecular formula is C16H12N6O2S. The summed E-state index contributed by atoms with van der Waals surface area (Å²) in [4.78, 5) is 28.4. The number of carbonyl (C=O) groups is 1. The van der Waals surface area contributed by atoms with Gasteiger partial charge in [-0.05, 0) is 43.5 Å². The number of ketones is 1. The van der Waals surface area contributed by atoms with Crippen molar-refractivity contribution in [2.45, 2.75) is 12.1 Å². The maximum absolute atomic E-state index is 12.8. The normalized spacial score (nSPS) is 11.3. The topological polar surface area (TPSA) is 95.0 Å². The average molecular weight is 352 g/mol. The van der Waals surface area contributed by atoms with E-state index in [0.29, 0.717) is 27.7 Å². The molecule has 0 aliphatic heterocycles. The van der Waals surface area contributed by atoms with Crippen molar-refractivity contribution in [3.05, 3.63) is 52.4 Å². The highest BCUT2D eigenvalue weighted by Crippen LogP contribution is 2.15. The summed E-state index contributed by atoms with van der Waals surface area (Å²) >= 11 is 1.39. The molecule has 0 bridgehead atoms. The lowest BCUT2D eigenvalue weighted by Gasteiger charge is -2.07. The van der Waals surface area contributed by atoms with E-state index in [0.717, 1.165) is 0 Å². The van der Waals surface area contributed by atoms with Gasteiger partial charge in [0.25, 0.3) is 11.3 Å². The summed E-state index contributed by atoms with van der Waals surface area (Å²) in [5.74, 6) is 0.321. The first-order valence-corrected chi connectivity index (χ1v) is 8.61. The van der Waals surface area contributed by atoms with Gasteiger partial charge in [-0.3, -0.25) is 14.2 Å². The number of thioether (sulfide) groups is 1. The summed E-state index contributed by atoms with van der Waals surface area (Å²) in [6, 6.07) is 8.56. The lowest BCUT2D eigenvalue weighted by atomic mass is 10.1. The van der Waals surface area contributed by atoms with E-state index in [4.69, 9.17) is 0 Å². The zero-order valence-electron chi connectivity index (χ0n) is 13.4. The molecule has 4 aromatic rings. The fourth-order valence-corrected chi connectivity index (χ4v) is 2.87. The van der Waals surface area contributed by atoms with Crippen LogP contribution in [0.1, 0.15) is 17.3 Å². The average Bonchev–Trinajstić information content (AvgIpc) is 3.06. The molecular weight excluding hydrogens is 340 g/mol. The fraction of sp³-hybridized carbons (Fsp3) is 0.125. The molecule has 0 amide bonds. The molecule has 0 unspecified atom stereocenters. The van der Waals surface area contributed by atoms with Crippen molar-refractivity contribution in [2.24, 2.45) is 0 Å². The van der Waals surface area contributed by atoms with Crippen molar-refractivity contribution in [3.8, 4) is 5.69 Å². The molecule has 8 nitrogen and oxygen atoms in total. The molecule has 3 aromatic heterocycles. The van der Waals surface area contributed by atoms with Crippen LogP contribution in [0.3, 0.4) is 0 Å². The van der Waals surface area contributed by atoms with Gasteiger partial charge in [0, 0.05) is 17.4 Å². The van der Waals surface area contributed by atoms with Gasteiger partial charge in [-0.15, -0.1) is 15.3 Å². The molecule has 124 valence electrons. The quantitative estimate of drug-likeness (QED) is 0.409. The molecule has 0 N–H and O–H groups in total. The van der Waals surface area contributed by atoms with Gasteiger partial charge >= 0.3 is 0 Å². The van der Waals surface area contributed by atoms with E-state index in [-0.39, 0.29) is 16.9 Å². The van der Waals surface area contributed by atoms with Crippen molar-refractivity contribution in [1.29, 1.82) is 0 Å². The second-order valence-electron chi connectivity index (χ2n) is 5.34. The van der Waals surface area contributed by atoms with Crippen molar-refractivity contribution in [2.75, 3.05) is 6.26 Å². The number of pyridine rings is 1. The third kappa shape index (κ3) is 2.49. The van der Waals surface area contributed by atoms with E-state index in [1.54, 1.807) is 36.5 Å². The first-order chi connectivity index (χ1) is 12.1. The van der Waals surface area contributed by atoms with Gasteiger partial charge in [0.1, 0.15) is 5.52 Å². The second kappa shape index (κ2) is 5.78. The summed E-state index contributed by atoms with van der Waals surface area (Å²) < 4.78 is 2.97. The molecule has 0 saturated heterocycles. The predicted molar refractivity (Wildman–Crippen MR) is 93.5 cm³/mol. The number of Topliss-reactive ketones (excluding diaryl/α,β-unsaturated/α-hetero) is 1. The highest BCUT2D eigenvalue weighted by molar-refractivity contribution is 7.98. The number of nitrogens with zero attached hydrogens (tertiary/aromatic N) is 6. The Labute approximate surface area is 145 Å². The Hall–Kier alpha value is -3.07. The lowest BCUT2D eigenvalue weighted by Crippen LogP contribution is -2.20. The molecule has 0 aliphatic rings. The van der Waals surface area contributed by atoms with E-state index in [9.17, 15) is 9.59 Å². The first-order valence-electron chi connectivity index (χ1n) is 7.38. The summed E-state index contributed by atoms with van der Waals surface area (Å²) in [6.45, 7) is 1.50. The van der Waals surface area contributed by atoms with Crippen LogP contribution in [0.15, 0.2) is 46.5 Å². The molecule has 0 spiro atoms. The van der Waals surface area contributed by atoms with Crippen LogP contribution < -0.4 is 5.56 Å². The van der Waals surface area contributed by atoms with Gasteiger partial charge in [0.15, 0.2) is 11.3 Å². The van der Waals surface area contributed by atoms with Gasteiger partial charge in [-0.2, -0.15) is 9.50 Å². The van der Waals surface area contributed by atoms with Gasteiger partial charge in [-0.1, -0.05) is 11.8 Å². The van der Waals surface area contributed by atoms with Crippen LogP contribution in [-0.4, -0.2) is 41.4 Å². The largest absolute Gasteiger partial charge is 0.295 e. The third-order valence-corrected chi connectivity index (χ3v) is 4.36. The maximum atomic E-state index is 12.8. The Morgan fingerprint density at radius 2 is 1.88 bits per heavy atom. The number of carbonyl (C=O) groups excluding carboxylic acids is 1. The molecule has 0 radical (unpaired) electrons. The summed E-state index contributed by atoms with van der Waals surface area (Å²) in [7, 11) is 0. The standard InChI is InChI=1S/C16H12N6O2S/c1-9(23)10-3-5-11(6-4-10)21-8-7-12-13(14(21)24)18-19-15-17-16(25-2)20-22(12)15/h3-8H,1-2H3. The van der Waals surface area contributed by atoms with Gasteiger partial charge < -0.3 is 0 Å². The molecule has 25 heavy (non-hydrogen) atoms. The van der Waals surface area contributed by atoms with Crippen LogP contribution >= 0.6 is 11.8 Å². The SMILES string of the molecule is CSc1nc2nnc3c(=O)n(-c4ccc(C(C)=O)cc4)ccc3n2n1. The third-order valence-electron chi connectivity index (χ3n) is 3.82. The van der Waals surface area contributed by atoms with Crippen molar-refractivity contribution in [3.63, 3.8) is 0 Å². The number of fused-ring (bicyclic) bond motifs is 3. The Morgan fingerprint density at radius 1 is 1.12 bits per heavy atom. The van der Waals surface area contributed by atoms with Crippen molar-refractivity contribution < 1.29 is 4.79 Å². The van der Waals surface area contributed by atoms with E-state index >= 15 is 0 Å². The van der Waals surface area contributed by atoms with E-state index < -0.39 is 0 Å². The van der Waals surface area contributed by atoms with Crippen LogP contribution in [0, 0.1) is 0 Å². The van der Waals surface area contributed by atoms with E-state index in [1.807, 2.05) is 6.26 Å². The Bertz CT molecular complexity index is 1180. The molecule has 4 rings (SSSR count). The van der Waals surface area contributed by atoms with Crippen LogP contribution in [-0.2, 0) is 0 Å². The minimum atomic E-state index is -0.316. The number of aromatic nitrogens is 6. The number of hydrogen-bond acceptors (Lipinski definition) is 7. The monoisotopic (exact) mass is 352 g/mol. The smallest absolute Gasteiger partial charge is 0.285 e. The number of benzene rings is 1. The van der Waals surface area contributed by atoms with E-state index in [2.05, 4.69) is 20.3 Å². The molecule has 0 atom stereocenters. The Balaban J connectivity index is 1.91. The highest BCUT2D eigenvalue weighted by Gasteiger charge is 2.13. The molecule has 3 heterocycles. The van der Waals surface area contributed by atoms with Gasteiger partial charge in [0.2, 0.25) is 5.16 Å². The molecule has 1 aromatic carbocycles. The number of hydrogen-bond donors (Lipinski definition) is 0. The Morgan fingerprint density at radius 3 is 2.56 bits per heavy atom. The van der Waals surface area contributed by atoms with Crippen LogP contribution in [0.25, 0.3) is 22.5 Å². The van der Waals surface area contributed by atoms with Crippen LogP contribution in [0.5, 0.6) is 0 Å². The minimum absolute atomic E-state index is 0.0264. The zero-order valence-corrected chi connectivity index (χ0v) is 14.2. The van der Waals surface area contributed by atoms with Gasteiger partial charge in [-0.25, -0.2) is 0 Å². The molecule has 0 fully saturated rings. The number of rotatable bonds is 3. The van der Waals surface area contributed by atoms with E-state index in [1.165, 1.54) is 27.8 Å². The van der Waals surface area contributed by atoms with Gasteiger partial charge in [0.05, 0.1) is 0 Å². The zero-order chi connectivity index (χ0) is 17.6. The van der Waals surface area contributed by atoms with Crippen LogP contribution in [0.4, 0.5) is 0 Å². The summed E-state index contributed by atoms with van der Waals surface area (Å²) in [5, 5.41) is 12.9. The molecule has 9 heteroatoms. The second-order valence-corrected chi connectivity index (χ2v) is 6.11. The maximum Gasteiger partial charge on any atom is 0.285 e.